The molecule has 1 aromatic heterocycles. The Bertz CT molecular complexity index is 1010. The summed E-state index contributed by atoms with van der Waals surface area (Å²) < 4.78 is 1.62. The van der Waals surface area contributed by atoms with Gasteiger partial charge in [0.05, 0.1) is 16.6 Å². The lowest BCUT2D eigenvalue weighted by atomic mass is 10.0. The van der Waals surface area contributed by atoms with Crippen LogP contribution in [0.15, 0.2) is 65.5 Å². The van der Waals surface area contributed by atoms with E-state index >= 15 is 0 Å². The summed E-state index contributed by atoms with van der Waals surface area (Å²) in [6, 6.07) is 19.8. The Hall–Kier alpha value is -2.81. The molecule has 0 aliphatic heterocycles. The van der Waals surface area contributed by atoms with Gasteiger partial charge in [-0.2, -0.15) is 0 Å². The number of nitrogens with zero attached hydrogens (tertiary/aromatic N) is 1. The van der Waals surface area contributed by atoms with E-state index in [4.69, 9.17) is 0 Å². The average Bonchev–Trinajstić information content (AvgIpc) is 2.87. The fourth-order valence-corrected chi connectivity index (χ4v) is 2.91. The van der Waals surface area contributed by atoms with Crippen LogP contribution in [0.2, 0.25) is 0 Å². The molecule has 0 spiro atoms. The minimum absolute atomic E-state index is 0.000506. The van der Waals surface area contributed by atoms with E-state index in [1.807, 2.05) is 55.5 Å². The molecular formula is C18H14N2O. The summed E-state index contributed by atoms with van der Waals surface area (Å²) in [6.45, 7) is 1.99. The van der Waals surface area contributed by atoms with Crippen molar-refractivity contribution in [1.29, 1.82) is 0 Å². The predicted octanol–water partition coefficient (Wildman–Crippen LogP) is 3.78. The smallest absolute Gasteiger partial charge is 0.279 e. The molecule has 3 heteroatoms. The third-order valence-electron chi connectivity index (χ3n) is 3.90. The SMILES string of the molecule is Cc1cc2ccccc2c2[nH]n(-c3ccccc3)c(=O)c12. The molecule has 4 aromatic rings. The maximum atomic E-state index is 12.7. The lowest BCUT2D eigenvalue weighted by Gasteiger charge is -2.01. The normalized spacial score (nSPS) is 11.3. The molecule has 3 nitrogen and oxygen atoms in total. The molecule has 0 radical (unpaired) electrons. The number of aryl methyl sites for hydroxylation is 1. The van der Waals surface area contributed by atoms with E-state index in [1.54, 1.807) is 4.68 Å². The van der Waals surface area contributed by atoms with E-state index in [2.05, 4.69) is 17.2 Å². The second-order valence-corrected chi connectivity index (χ2v) is 5.25. The average molecular weight is 274 g/mol. The van der Waals surface area contributed by atoms with Crippen LogP contribution >= 0.6 is 0 Å². The molecule has 4 rings (SSSR count). The molecule has 0 atom stereocenters. The summed E-state index contributed by atoms with van der Waals surface area (Å²) in [5.41, 5.74) is 2.75. The molecule has 0 amide bonds. The Morgan fingerprint density at radius 3 is 2.48 bits per heavy atom. The molecule has 0 aliphatic rings. The molecule has 0 saturated carbocycles. The van der Waals surface area contributed by atoms with Crippen molar-refractivity contribution in [1.82, 2.24) is 9.78 Å². The number of aromatic amines is 1. The molecule has 0 fully saturated rings. The van der Waals surface area contributed by atoms with Crippen molar-refractivity contribution in [3.8, 4) is 5.69 Å². The van der Waals surface area contributed by atoms with Gasteiger partial charge < -0.3 is 0 Å². The highest BCUT2D eigenvalue weighted by Crippen LogP contribution is 2.25. The van der Waals surface area contributed by atoms with Gasteiger partial charge in [-0.05, 0) is 30.0 Å². The summed E-state index contributed by atoms with van der Waals surface area (Å²) in [7, 11) is 0. The molecule has 3 aromatic carbocycles. The van der Waals surface area contributed by atoms with E-state index in [9.17, 15) is 4.79 Å². The number of benzene rings is 3. The zero-order chi connectivity index (χ0) is 14.4. The van der Waals surface area contributed by atoms with Gasteiger partial charge in [0, 0.05) is 5.39 Å². The summed E-state index contributed by atoms with van der Waals surface area (Å²) >= 11 is 0. The second kappa shape index (κ2) is 4.35. The highest BCUT2D eigenvalue weighted by molar-refractivity contribution is 6.06. The minimum Gasteiger partial charge on any atom is -0.290 e. The van der Waals surface area contributed by atoms with Crippen LogP contribution in [-0.4, -0.2) is 9.78 Å². The number of H-pyrrole nitrogens is 1. The van der Waals surface area contributed by atoms with Gasteiger partial charge >= 0.3 is 0 Å². The van der Waals surface area contributed by atoms with Crippen LogP contribution in [-0.2, 0) is 0 Å². The minimum atomic E-state index is -0.000506. The van der Waals surface area contributed by atoms with Crippen molar-refractivity contribution in [2.24, 2.45) is 0 Å². The molecule has 21 heavy (non-hydrogen) atoms. The van der Waals surface area contributed by atoms with Gasteiger partial charge in [0.15, 0.2) is 0 Å². The van der Waals surface area contributed by atoms with Crippen molar-refractivity contribution in [3.05, 3.63) is 76.6 Å². The number of hydrogen-bond donors (Lipinski definition) is 1. The van der Waals surface area contributed by atoms with Crippen molar-refractivity contribution in [3.63, 3.8) is 0 Å². The summed E-state index contributed by atoms with van der Waals surface area (Å²) in [5.74, 6) is 0. The van der Waals surface area contributed by atoms with E-state index < -0.39 is 0 Å². The standard InChI is InChI=1S/C18H14N2O/c1-12-11-13-7-5-6-10-15(13)17-16(12)18(21)20(19-17)14-8-3-2-4-9-14/h2-11,19H,1H3. The number of aromatic nitrogens is 2. The Morgan fingerprint density at radius 1 is 0.952 bits per heavy atom. The van der Waals surface area contributed by atoms with Gasteiger partial charge in [-0.25, -0.2) is 4.68 Å². The van der Waals surface area contributed by atoms with Crippen molar-refractivity contribution in [2.75, 3.05) is 0 Å². The van der Waals surface area contributed by atoms with Crippen molar-refractivity contribution in [2.45, 2.75) is 6.92 Å². The third kappa shape index (κ3) is 1.71. The zero-order valence-electron chi connectivity index (χ0n) is 11.6. The maximum absolute atomic E-state index is 12.7. The molecule has 0 aliphatic carbocycles. The van der Waals surface area contributed by atoms with Crippen LogP contribution in [0.25, 0.3) is 27.4 Å². The Balaban J connectivity index is 2.18. The quantitative estimate of drug-likeness (QED) is 0.563. The van der Waals surface area contributed by atoms with Gasteiger partial charge in [-0.1, -0.05) is 48.5 Å². The zero-order valence-corrected chi connectivity index (χ0v) is 11.6. The lowest BCUT2D eigenvalue weighted by Crippen LogP contribution is -2.14. The van der Waals surface area contributed by atoms with Gasteiger partial charge in [0.2, 0.25) is 0 Å². The van der Waals surface area contributed by atoms with E-state index in [0.717, 1.165) is 32.9 Å². The molecule has 0 unspecified atom stereocenters. The first-order valence-electron chi connectivity index (χ1n) is 6.94. The van der Waals surface area contributed by atoms with Gasteiger partial charge in [0.1, 0.15) is 0 Å². The van der Waals surface area contributed by atoms with Gasteiger partial charge in [-0.3, -0.25) is 9.89 Å². The van der Waals surface area contributed by atoms with Crippen LogP contribution in [0.3, 0.4) is 0 Å². The molecule has 102 valence electrons. The van der Waals surface area contributed by atoms with Crippen molar-refractivity contribution >= 4 is 21.7 Å². The van der Waals surface area contributed by atoms with Gasteiger partial charge in [-0.15, -0.1) is 0 Å². The third-order valence-corrected chi connectivity index (χ3v) is 3.90. The fourth-order valence-electron chi connectivity index (χ4n) is 2.91. The predicted molar refractivity (Wildman–Crippen MR) is 86.1 cm³/mol. The van der Waals surface area contributed by atoms with E-state index in [1.165, 1.54) is 0 Å². The van der Waals surface area contributed by atoms with Gasteiger partial charge in [0.25, 0.3) is 5.56 Å². The summed E-state index contributed by atoms with van der Waals surface area (Å²) in [6.07, 6.45) is 0. The maximum Gasteiger partial charge on any atom is 0.279 e. The monoisotopic (exact) mass is 274 g/mol. The topological polar surface area (TPSA) is 37.8 Å². The van der Waals surface area contributed by atoms with E-state index in [0.29, 0.717) is 0 Å². The molecule has 0 saturated heterocycles. The van der Waals surface area contributed by atoms with Crippen molar-refractivity contribution < 1.29 is 0 Å². The Labute approximate surface area is 121 Å². The largest absolute Gasteiger partial charge is 0.290 e. The highest BCUT2D eigenvalue weighted by Gasteiger charge is 2.13. The number of nitrogens with one attached hydrogen (secondary N) is 1. The first-order valence-corrected chi connectivity index (χ1v) is 6.94. The Morgan fingerprint density at radius 2 is 1.67 bits per heavy atom. The number of rotatable bonds is 1. The molecule has 0 bridgehead atoms. The van der Waals surface area contributed by atoms with Crippen LogP contribution in [0, 0.1) is 6.92 Å². The van der Waals surface area contributed by atoms with Crippen LogP contribution in [0.5, 0.6) is 0 Å². The molecular weight excluding hydrogens is 260 g/mol. The number of para-hydroxylation sites is 1. The summed E-state index contributed by atoms with van der Waals surface area (Å²) in [4.78, 5) is 12.7. The second-order valence-electron chi connectivity index (χ2n) is 5.25. The Kier molecular flexibility index (Phi) is 2.48. The fraction of sp³-hybridized carbons (Fsp3) is 0.0556. The lowest BCUT2D eigenvalue weighted by molar-refractivity contribution is 0.864. The van der Waals surface area contributed by atoms with E-state index in [-0.39, 0.29) is 5.56 Å². The van der Waals surface area contributed by atoms with Crippen LogP contribution < -0.4 is 5.56 Å². The highest BCUT2D eigenvalue weighted by atomic mass is 16.1. The molecule has 1 heterocycles. The van der Waals surface area contributed by atoms with Crippen LogP contribution in [0.4, 0.5) is 0 Å². The molecule has 1 N–H and O–H groups in total. The summed E-state index contributed by atoms with van der Waals surface area (Å²) in [5, 5.41) is 6.25. The number of fused-ring (bicyclic) bond motifs is 3. The first-order chi connectivity index (χ1) is 10.3. The first kappa shape index (κ1) is 12.0. The number of hydrogen-bond acceptors (Lipinski definition) is 1. The van der Waals surface area contributed by atoms with Crippen LogP contribution in [0.1, 0.15) is 5.56 Å².